The molecule has 1 aliphatic rings. The van der Waals surface area contributed by atoms with E-state index in [1.807, 2.05) is 0 Å². The van der Waals surface area contributed by atoms with E-state index in [-0.39, 0.29) is 23.7 Å². The molecule has 0 atom stereocenters. The van der Waals surface area contributed by atoms with Crippen LogP contribution < -0.4 is 14.5 Å². The van der Waals surface area contributed by atoms with Crippen LogP contribution in [0.5, 0.6) is 5.75 Å². The van der Waals surface area contributed by atoms with Crippen molar-refractivity contribution in [1.29, 1.82) is 0 Å². The maximum Gasteiger partial charge on any atom is 0.395 e. The molecule has 9 heteroatoms. The summed E-state index contributed by atoms with van der Waals surface area (Å²) in [5.41, 5.74) is 0.630. The molecular formula is C22H24N2O7. The molecule has 1 heterocycles. The number of rotatable bonds is 7. The molecule has 0 saturated carbocycles. The van der Waals surface area contributed by atoms with Crippen molar-refractivity contribution in [2.24, 2.45) is 0 Å². The summed E-state index contributed by atoms with van der Waals surface area (Å²) in [7, 11) is 1.46. The van der Waals surface area contributed by atoms with Gasteiger partial charge in [0.25, 0.3) is 0 Å². The van der Waals surface area contributed by atoms with Gasteiger partial charge in [-0.05, 0) is 43.5 Å². The van der Waals surface area contributed by atoms with Crippen LogP contribution in [0.4, 0.5) is 17.1 Å². The van der Waals surface area contributed by atoms with Crippen LogP contribution >= 0.6 is 0 Å². The number of carbonyl (C=O) groups excluding carboxylic acids is 1. The molecule has 164 valence electrons. The fourth-order valence-corrected chi connectivity index (χ4v) is 3.60. The number of hydrogen-bond donors (Lipinski definition) is 2. The van der Waals surface area contributed by atoms with Gasteiger partial charge in [-0.15, -0.1) is 0 Å². The van der Waals surface area contributed by atoms with Gasteiger partial charge in [0.2, 0.25) is 0 Å². The van der Waals surface area contributed by atoms with E-state index in [1.54, 1.807) is 18.2 Å². The SMILES string of the molecule is COCOc1ccc(N2CCCCC2)c(N(C(=O)C(=O)O)c2ccccc2C(=O)O)c1. The topological polar surface area (TPSA) is 117 Å². The molecule has 1 fully saturated rings. The standard InChI is InChI=1S/C22H24N2O7/c1-30-14-31-15-9-10-18(23-11-5-2-6-12-23)19(13-15)24(20(25)22(28)29)17-8-4-3-7-16(17)21(26)27/h3-4,7-10,13H,2,5-6,11-12,14H2,1H3,(H,26,27)(H,28,29). The van der Waals surface area contributed by atoms with E-state index in [4.69, 9.17) is 9.47 Å². The summed E-state index contributed by atoms with van der Waals surface area (Å²) in [6.45, 7) is 1.43. The van der Waals surface area contributed by atoms with Crippen LogP contribution in [0.1, 0.15) is 29.6 Å². The number of aromatic carboxylic acids is 1. The molecule has 31 heavy (non-hydrogen) atoms. The highest BCUT2D eigenvalue weighted by atomic mass is 16.7. The number of methoxy groups -OCH3 is 1. The van der Waals surface area contributed by atoms with E-state index in [0.29, 0.717) is 11.4 Å². The summed E-state index contributed by atoms with van der Waals surface area (Å²) in [5.74, 6) is -3.89. The summed E-state index contributed by atoms with van der Waals surface area (Å²) >= 11 is 0. The Morgan fingerprint density at radius 1 is 1.00 bits per heavy atom. The zero-order valence-electron chi connectivity index (χ0n) is 17.1. The molecule has 9 nitrogen and oxygen atoms in total. The van der Waals surface area contributed by atoms with Crippen LogP contribution in [0.15, 0.2) is 42.5 Å². The minimum absolute atomic E-state index is 0.0375. The van der Waals surface area contributed by atoms with Gasteiger partial charge in [0.1, 0.15) is 5.75 Å². The van der Waals surface area contributed by atoms with Crippen LogP contribution in [0.3, 0.4) is 0 Å². The number of carbonyl (C=O) groups is 3. The van der Waals surface area contributed by atoms with Crippen molar-refractivity contribution >= 4 is 34.9 Å². The summed E-state index contributed by atoms with van der Waals surface area (Å²) in [5, 5.41) is 19.1. The number of hydrogen-bond acceptors (Lipinski definition) is 6. The smallest absolute Gasteiger partial charge is 0.395 e. The van der Waals surface area contributed by atoms with Crippen molar-refractivity contribution in [1.82, 2.24) is 0 Å². The monoisotopic (exact) mass is 428 g/mol. The molecule has 0 spiro atoms. The molecule has 1 saturated heterocycles. The third-order valence-electron chi connectivity index (χ3n) is 4.99. The lowest BCUT2D eigenvalue weighted by atomic mass is 10.1. The Morgan fingerprint density at radius 2 is 1.71 bits per heavy atom. The molecule has 0 bridgehead atoms. The molecular weight excluding hydrogens is 404 g/mol. The second kappa shape index (κ2) is 9.94. The Labute approximate surface area is 179 Å². The first kappa shape index (κ1) is 22.1. The lowest BCUT2D eigenvalue weighted by molar-refractivity contribution is -0.148. The third-order valence-corrected chi connectivity index (χ3v) is 4.99. The molecule has 2 aromatic carbocycles. The predicted octanol–water partition coefficient (Wildman–Crippen LogP) is 3.11. The summed E-state index contributed by atoms with van der Waals surface area (Å²) in [4.78, 5) is 39.3. The van der Waals surface area contributed by atoms with Crippen LogP contribution in [-0.2, 0) is 14.3 Å². The number of ether oxygens (including phenoxy) is 2. The lowest BCUT2D eigenvalue weighted by Crippen LogP contribution is -2.36. The lowest BCUT2D eigenvalue weighted by Gasteiger charge is -2.34. The first-order valence-corrected chi connectivity index (χ1v) is 9.84. The summed E-state index contributed by atoms with van der Waals surface area (Å²) < 4.78 is 10.4. The van der Waals surface area contributed by atoms with Crippen molar-refractivity contribution in [3.8, 4) is 5.75 Å². The zero-order chi connectivity index (χ0) is 22.4. The molecule has 3 rings (SSSR count). The van der Waals surface area contributed by atoms with Crippen molar-refractivity contribution in [3.63, 3.8) is 0 Å². The normalized spacial score (nSPS) is 13.5. The molecule has 0 unspecified atom stereocenters. The van der Waals surface area contributed by atoms with Crippen molar-refractivity contribution < 1.29 is 34.1 Å². The van der Waals surface area contributed by atoms with Gasteiger partial charge in [0.15, 0.2) is 6.79 Å². The number of nitrogens with zero attached hydrogens (tertiary/aromatic N) is 2. The van der Waals surface area contributed by atoms with Gasteiger partial charge in [-0.3, -0.25) is 9.69 Å². The Balaban J connectivity index is 2.22. The number of amides is 1. The second-order valence-electron chi connectivity index (χ2n) is 7.02. The fraction of sp³-hybridized carbons (Fsp3) is 0.318. The number of para-hydroxylation sites is 1. The van der Waals surface area contributed by atoms with Gasteiger partial charge in [-0.25, -0.2) is 9.59 Å². The van der Waals surface area contributed by atoms with E-state index in [0.717, 1.165) is 37.3 Å². The molecule has 1 amide bonds. The van der Waals surface area contributed by atoms with Gasteiger partial charge in [0.05, 0.1) is 22.6 Å². The third kappa shape index (κ3) is 4.95. The number of anilines is 3. The van der Waals surface area contributed by atoms with Crippen LogP contribution in [0.2, 0.25) is 0 Å². The molecule has 1 aliphatic heterocycles. The minimum atomic E-state index is -1.70. The maximum absolute atomic E-state index is 12.8. The molecule has 0 aromatic heterocycles. The van der Waals surface area contributed by atoms with Crippen molar-refractivity contribution in [2.75, 3.05) is 36.8 Å². The summed E-state index contributed by atoms with van der Waals surface area (Å²) in [6.07, 6.45) is 3.00. The Morgan fingerprint density at radius 3 is 2.35 bits per heavy atom. The Hall–Kier alpha value is -3.59. The van der Waals surface area contributed by atoms with Crippen molar-refractivity contribution in [2.45, 2.75) is 19.3 Å². The largest absolute Gasteiger partial charge is 0.478 e. The predicted molar refractivity (Wildman–Crippen MR) is 113 cm³/mol. The summed E-state index contributed by atoms with van der Waals surface area (Å²) in [6, 6.07) is 10.8. The quantitative estimate of drug-likeness (QED) is 0.510. The number of carboxylic acids is 2. The molecule has 0 radical (unpaired) electrons. The highest BCUT2D eigenvalue weighted by Crippen LogP contribution is 2.40. The highest BCUT2D eigenvalue weighted by molar-refractivity contribution is 6.40. The van der Waals surface area contributed by atoms with E-state index in [1.165, 1.54) is 31.4 Å². The van der Waals surface area contributed by atoms with Crippen LogP contribution in [-0.4, -0.2) is 55.1 Å². The molecule has 2 N–H and O–H groups in total. The van der Waals surface area contributed by atoms with Crippen LogP contribution in [0.25, 0.3) is 0 Å². The highest BCUT2D eigenvalue weighted by Gasteiger charge is 2.31. The molecule has 0 aliphatic carbocycles. The number of aliphatic carboxylic acids is 1. The average Bonchev–Trinajstić information content (AvgIpc) is 2.78. The van der Waals surface area contributed by atoms with Crippen LogP contribution in [0, 0.1) is 0 Å². The zero-order valence-corrected chi connectivity index (χ0v) is 17.1. The van der Waals surface area contributed by atoms with Gasteiger partial charge in [0, 0.05) is 26.3 Å². The van der Waals surface area contributed by atoms with Gasteiger partial charge < -0.3 is 24.6 Å². The number of benzene rings is 2. The maximum atomic E-state index is 12.8. The molecule has 2 aromatic rings. The second-order valence-corrected chi connectivity index (χ2v) is 7.02. The average molecular weight is 428 g/mol. The van der Waals surface area contributed by atoms with Gasteiger partial charge >= 0.3 is 17.8 Å². The van der Waals surface area contributed by atoms with E-state index >= 15 is 0 Å². The first-order chi connectivity index (χ1) is 14.9. The van der Waals surface area contributed by atoms with Crippen molar-refractivity contribution in [3.05, 3.63) is 48.0 Å². The minimum Gasteiger partial charge on any atom is -0.478 e. The van der Waals surface area contributed by atoms with E-state index in [2.05, 4.69) is 4.90 Å². The van der Waals surface area contributed by atoms with Gasteiger partial charge in [-0.2, -0.15) is 0 Å². The Bertz CT molecular complexity index is 970. The van der Waals surface area contributed by atoms with E-state index < -0.39 is 17.8 Å². The van der Waals surface area contributed by atoms with Gasteiger partial charge in [-0.1, -0.05) is 12.1 Å². The fourth-order valence-electron chi connectivity index (χ4n) is 3.60. The number of carboxylic acid groups (broad SMARTS) is 2. The van der Waals surface area contributed by atoms with E-state index in [9.17, 15) is 24.6 Å². The Kier molecular flexibility index (Phi) is 7.09. The first-order valence-electron chi connectivity index (χ1n) is 9.84. The number of piperidine rings is 1.